The van der Waals surface area contributed by atoms with Crippen LogP contribution in [0.4, 0.5) is 0 Å². The molecule has 32 heavy (non-hydrogen) atoms. The van der Waals surface area contributed by atoms with Gasteiger partial charge in [-0.25, -0.2) is 0 Å². The van der Waals surface area contributed by atoms with Crippen molar-refractivity contribution in [3.8, 4) is 0 Å². The van der Waals surface area contributed by atoms with Gasteiger partial charge in [0.1, 0.15) is 0 Å². The molecule has 0 unspecified atom stereocenters. The number of hydrogen-bond donors (Lipinski definition) is 0. The van der Waals surface area contributed by atoms with Crippen molar-refractivity contribution in [1.82, 2.24) is 0 Å². The van der Waals surface area contributed by atoms with E-state index in [9.17, 15) is 4.79 Å². The number of benzene rings is 4. The zero-order valence-electron chi connectivity index (χ0n) is 17.3. The second kappa shape index (κ2) is 9.38. The Labute approximate surface area is 203 Å². The van der Waals surface area contributed by atoms with Gasteiger partial charge >= 0.3 is 204 Å². The number of carbonyl (C=O) groups is 1. The van der Waals surface area contributed by atoms with Crippen LogP contribution in [-0.2, 0) is 11.2 Å². The maximum atomic E-state index is 13.7. The fraction of sp³-hybridized carbons (Fsp3) is 0.0741. The van der Waals surface area contributed by atoms with Crippen molar-refractivity contribution in [3.05, 3.63) is 125 Å². The molecular formula is C27H22Cl3OP. The van der Waals surface area contributed by atoms with Crippen molar-refractivity contribution in [1.29, 1.82) is 0 Å². The first kappa shape index (κ1) is 23.0. The average molecular weight is 500 g/mol. The van der Waals surface area contributed by atoms with Crippen molar-refractivity contribution >= 4 is 62.1 Å². The first-order chi connectivity index (χ1) is 15.4. The number of rotatable bonds is 7. The van der Waals surface area contributed by atoms with Crippen molar-refractivity contribution in [2.45, 2.75) is 6.42 Å². The van der Waals surface area contributed by atoms with Gasteiger partial charge in [0.05, 0.1) is 0 Å². The van der Waals surface area contributed by atoms with Crippen LogP contribution < -0.4 is 15.9 Å². The second-order valence-electron chi connectivity index (χ2n) is 7.76. The number of carbonyl (C=O) groups excluding carboxylic acids is 1. The monoisotopic (exact) mass is 498 g/mol. The third kappa shape index (κ3) is 4.12. The molecule has 4 aromatic carbocycles. The van der Waals surface area contributed by atoms with E-state index < -0.39 is 5.96 Å². The number of hydrogen-bond acceptors (Lipinski definition) is 1. The minimum absolute atomic E-state index is 0.00998. The molecule has 0 fully saturated rings. The molecule has 0 heterocycles. The number of halogens is 3. The standard InChI is InChI=1S/C27H22Cl3OP/c28-26-17-10-18-27(29)25(26)19-21(31)20-32(30,22-11-4-1-5-12-22,23-13-6-2-7-14-23)24-15-8-3-9-16-24/h1-18H,19-20H2. The summed E-state index contributed by atoms with van der Waals surface area (Å²) in [5, 5.41) is 3.84. The van der Waals surface area contributed by atoms with E-state index in [2.05, 4.69) is 0 Å². The normalized spacial score (nSPS) is 12.7. The SMILES string of the molecule is O=C(Cc1c(Cl)cccc1Cl)CP(Cl)(c1ccccc1)(c1ccccc1)c1ccccc1. The van der Waals surface area contributed by atoms with Crippen molar-refractivity contribution in [2.75, 3.05) is 6.16 Å². The van der Waals surface area contributed by atoms with Crippen LogP contribution in [0.3, 0.4) is 0 Å². The maximum absolute atomic E-state index is 13.7. The summed E-state index contributed by atoms with van der Waals surface area (Å²) < 4.78 is 0. The Morgan fingerprint density at radius 3 is 1.34 bits per heavy atom. The van der Waals surface area contributed by atoms with Crippen LogP contribution in [-0.4, -0.2) is 11.9 Å². The Kier molecular flexibility index (Phi) is 6.75. The zero-order valence-corrected chi connectivity index (χ0v) is 20.5. The summed E-state index contributed by atoms with van der Waals surface area (Å²) in [5.74, 6) is -3.67. The Hall–Kier alpha value is -2.15. The summed E-state index contributed by atoms with van der Waals surface area (Å²) in [6.45, 7) is 0. The molecule has 0 saturated carbocycles. The zero-order chi connectivity index (χ0) is 22.6. The van der Waals surface area contributed by atoms with E-state index in [4.69, 9.17) is 34.4 Å². The Morgan fingerprint density at radius 2 is 0.969 bits per heavy atom. The fourth-order valence-corrected chi connectivity index (χ4v) is 10.8. The molecule has 0 aliphatic rings. The molecule has 0 aromatic heterocycles. The summed E-state index contributed by atoms with van der Waals surface area (Å²) in [6, 6.07) is 35.2. The van der Waals surface area contributed by atoms with Gasteiger partial charge in [0.25, 0.3) is 0 Å². The van der Waals surface area contributed by atoms with E-state index in [1.807, 2.05) is 91.0 Å². The van der Waals surface area contributed by atoms with E-state index in [0.29, 0.717) is 15.6 Å². The van der Waals surface area contributed by atoms with Crippen LogP contribution in [0.15, 0.2) is 109 Å². The van der Waals surface area contributed by atoms with Gasteiger partial charge in [0.15, 0.2) is 0 Å². The predicted molar refractivity (Wildman–Crippen MR) is 141 cm³/mol. The van der Waals surface area contributed by atoms with Gasteiger partial charge in [-0.15, -0.1) is 0 Å². The summed E-state index contributed by atoms with van der Waals surface area (Å²) in [4.78, 5) is 13.7. The molecule has 0 amide bonds. The van der Waals surface area contributed by atoms with E-state index in [1.54, 1.807) is 18.2 Å². The predicted octanol–water partition coefficient (Wildman–Crippen LogP) is 6.79. The fourth-order valence-electron chi connectivity index (χ4n) is 4.22. The minimum atomic E-state index is -3.66. The summed E-state index contributed by atoms with van der Waals surface area (Å²) in [5.41, 5.74) is 0.636. The van der Waals surface area contributed by atoms with E-state index in [-0.39, 0.29) is 18.4 Å². The number of Topliss-reactive ketones (excluding diaryl/α,β-unsaturated/α-hetero) is 1. The molecule has 0 N–H and O–H groups in total. The Balaban J connectivity index is 1.93. The van der Waals surface area contributed by atoms with Gasteiger partial charge in [-0.1, -0.05) is 0 Å². The van der Waals surface area contributed by atoms with Crippen LogP contribution in [0.25, 0.3) is 0 Å². The summed E-state index contributed by atoms with van der Waals surface area (Å²) in [7, 11) is 0. The van der Waals surface area contributed by atoms with Crippen molar-refractivity contribution < 1.29 is 4.79 Å². The van der Waals surface area contributed by atoms with Gasteiger partial charge < -0.3 is 0 Å². The van der Waals surface area contributed by atoms with Crippen LogP contribution in [0.5, 0.6) is 0 Å². The molecule has 0 radical (unpaired) electrons. The van der Waals surface area contributed by atoms with Crippen LogP contribution in [0.2, 0.25) is 10.0 Å². The molecule has 162 valence electrons. The third-order valence-electron chi connectivity index (χ3n) is 5.79. The van der Waals surface area contributed by atoms with Gasteiger partial charge in [-0.3, -0.25) is 0 Å². The molecule has 0 spiro atoms. The molecule has 0 atom stereocenters. The quantitative estimate of drug-likeness (QED) is 0.256. The van der Waals surface area contributed by atoms with Crippen LogP contribution in [0, 0.1) is 0 Å². The van der Waals surface area contributed by atoms with Gasteiger partial charge in [0.2, 0.25) is 0 Å². The van der Waals surface area contributed by atoms with Crippen LogP contribution >= 0.6 is 40.4 Å². The van der Waals surface area contributed by atoms with E-state index in [0.717, 1.165) is 15.9 Å². The third-order valence-corrected chi connectivity index (χ3v) is 13.7. The molecule has 5 heteroatoms. The van der Waals surface area contributed by atoms with Gasteiger partial charge in [0, 0.05) is 0 Å². The van der Waals surface area contributed by atoms with Gasteiger partial charge in [-0.05, 0) is 0 Å². The molecule has 4 aromatic rings. The van der Waals surface area contributed by atoms with Crippen molar-refractivity contribution in [3.63, 3.8) is 0 Å². The summed E-state index contributed by atoms with van der Waals surface area (Å²) in [6.07, 6.45) is 0.280. The number of ketones is 1. The molecular weight excluding hydrogens is 478 g/mol. The molecule has 0 aliphatic carbocycles. The van der Waals surface area contributed by atoms with Crippen LogP contribution in [0.1, 0.15) is 5.56 Å². The van der Waals surface area contributed by atoms with E-state index >= 15 is 0 Å². The average Bonchev–Trinajstić information content (AvgIpc) is 2.83. The molecule has 0 aliphatic heterocycles. The summed E-state index contributed by atoms with van der Waals surface area (Å²) >= 11 is 20.7. The molecule has 0 bridgehead atoms. The first-order valence-corrected chi connectivity index (χ1v) is 14.4. The molecule has 0 saturated heterocycles. The molecule has 4 rings (SSSR count). The Morgan fingerprint density at radius 1 is 0.594 bits per heavy atom. The molecule has 1 nitrogen and oxygen atoms in total. The Bertz CT molecular complexity index is 1110. The topological polar surface area (TPSA) is 17.1 Å². The first-order valence-electron chi connectivity index (χ1n) is 10.3. The second-order valence-corrected chi connectivity index (χ2v) is 15.0. The van der Waals surface area contributed by atoms with Crippen molar-refractivity contribution in [2.24, 2.45) is 0 Å². The van der Waals surface area contributed by atoms with E-state index in [1.165, 1.54) is 0 Å². The van der Waals surface area contributed by atoms with Gasteiger partial charge in [-0.2, -0.15) is 0 Å².